The van der Waals surface area contributed by atoms with Crippen LogP contribution in [-0.2, 0) is 85.4 Å². The zero-order valence-corrected chi connectivity index (χ0v) is 33.8. The van der Waals surface area contributed by atoms with E-state index in [1.165, 1.54) is 0 Å². The molecule has 0 spiro atoms. The first-order chi connectivity index (χ1) is 27.2. The Morgan fingerprint density at radius 1 is 0.375 bits per heavy atom. The fraction of sp³-hybridized carbons (Fsp3) is 0.917. The standard InChI is InChI=1S/C36H69NO19/c1-36(2,3)56-35(41)32-54-29-28-53-27-26-52-25-24-51-23-22-50-21-20-49-19-18-48-17-16-47-15-14-46-13-12-45-11-10-44-9-8-43-7-6-42-5-4-37-33(38)30-55-31-34(39)40/h4-32H2,1-3H3,(H,37,38)(H,39,40). The Hall–Kier alpha value is -2.15. The number of ether oxygens (including phenoxy) is 15. The second kappa shape index (κ2) is 42.5. The van der Waals surface area contributed by atoms with Crippen LogP contribution in [0.3, 0.4) is 0 Å². The first-order valence-corrected chi connectivity index (χ1v) is 19.0. The summed E-state index contributed by atoms with van der Waals surface area (Å²) in [6.45, 7) is 15.8. The lowest BCUT2D eigenvalue weighted by Crippen LogP contribution is -2.31. The van der Waals surface area contributed by atoms with Gasteiger partial charge in [0, 0.05) is 6.54 Å². The van der Waals surface area contributed by atoms with Gasteiger partial charge in [-0.3, -0.25) is 4.79 Å². The minimum Gasteiger partial charge on any atom is -0.480 e. The lowest BCUT2D eigenvalue weighted by atomic mass is 10.2. The van der Waals surface area contributed by atoms with Crippen LogP contribution in [0.25, 0.3) is 0 Å². The Kier molecular flexibility index (Phi) is 40.8. The first-order valence-electron chi connectivity index (χ1n) is 19.0. The third-order valence-electron chi connectivity index (χ3n) is 6.13. The molecule has 332 valence electrons. The normalized spacial score (nSPS) is 11.6. The number of carbonyl (C=O) groups is 3. The maximum Gasteiger partial charge on any atom is 0.332 e. The number of rotatable bonds is 45. The Morgan fingerprint density at radius 2 is 0.643 bits per heavy atom. The molecule has 0 aliphatic rings. The number of aliphatic carboxylic acids is 1. The van der Waals surface area contributed by atoms with Crippen LogP contribution >= 0.6 is 0 Å². The van der Waals surface area contributed by atoms with Gasteiger partial charge in [-0.2, -0.15) is 0 Å². The molecule has 0 aromatic heterocycles. The molecule has 20 nitrogen and oxygen atoms in total. The molecule has 2 N–H and O–H groups in total. The molecule has 0 bridgehead atoms. The van der Waals surface area contributed by atoms with E-state index in [2.05, 4.69) is 10.1 Å². The van der Waals surface area contributed by atoms with Crippen LogP contribution in [-0.4, -0.2) is 220 Å². The number of esters is 1. The minimum atomic E-state index is -1.13. The van der Waals surface area contributed by atoms with Crippen molar-refractivity contribution in [1.82, 2.24) is 5.32 Å². The molecule has 0 aliphatic heterocycles. The maximum atomic E-state index is 11.5. The summed E-state index contributed by atoms with van der Waals surface area (Å²) in [5, 5.41) is 11.0. The van der Waals surface area contributed by atoms with Crippen molar-refractivity contribution in [3.63, 3.8) is 0 Å². The fourth-order valence-corrected chi connectivity index (χ4v) is 3.71. The number of carboxylic acid groups (broad SMARTS) is 1. The molecule has 0 aliphatic carbocycles. The highest BCUT2D eigenvalue weighted by Crippen LogP contribution is 2.06. The van der Waals surface area contributed by atoms with Crippen molar-refractivity contribution in [3.8, 4) is 0 Å². The molecular formula is C36H69NO19. The summed E-state index contributed by atoms with van der Waals surface area (Å²) in [5.41, 5.74) is -0.520. The molecule has 0 radical (unpaired) electrons. The number of amides is 1. The predicted molar refractivity (Wildman–Crippen MR) is 198 cm³/mol. The van der Waals surface area contributed by atoms with E-state index in [4.69, 9.17) is 71.4 Å². The van der Waals surface area contributed by atoms with Gasteiger partial charge in [0.05, 0.1) is 165 Å². The molecule has 1 amide bonds. The summed E-state index contributed by atoms with van der Waals surface area (Å²) in [7, 11) is 0. The van der Waals surface area contributed by atoms with Gasteiger partial charge in [0.1, 0.15) is 25.4 Å². The SMILES string of the molecule is CC(C)(C)OC(=O)COCCOCCOCCOCCOCCOCCOCCOCCOCCOCCOCCOCCOCCNC(=O)COCC(=O)O. The Balaban J connectivity index is 3.12. The molecule has 0 atom stereocenters. The van der Waals surface area contributed by atoms with Crippen molar-refractivity contribution in [2.45, 2.75) is 26.4 Å². The number of carboxylic acids is 1. The molecular weight excluding hydrogens is 750 g/mol. The molecule has 0 aromatic carbocycles. The summed E-state index contributed by atoms with van der Waals surface area (Å²) in [4.78, 5) is 33.2. The van der Waals surface area contributed by atoms with Crippen molar-refractivity contribution >= 4 is 17.8 Å². The van der Waals surface area contributed by atoms with Crippen LogP contribution in [0.4, 0.5) is 0 Å². The van der Waals surface area contributed by atoms with Gasteiger partial charge in [-0.15, -0.1) is 0 Å². The lowest BCUT2D eigenvalue weighted by molar-refractivity contribution is -0.160. The molecule has 56 heavy (non-hydrogen) atoms. The van der Waals surface area contributed by atoms with Crippen molar-refractivity contribution in [2.24, 2.45) is 0 Å². The highest BCUT2D eigenvalue weighted by atomic mass is 16.6. The molecule has 0 heterocycles. The van der Waals surface area contributed by atoms with E-state index in [1.54, 1.807) is 0 Å². The van der Waals surface area contributed by atoms with Crippen molar-refractivity contribution in [1.29, 1.82) is 0 Å². The molecule has 0 saturated carbocycles. The summed E-state index contributed by atoms with van der Waals surface area (Å²) in [5.74, 6) is -1.93. The number of nitrogens with one attached hydrogen (secondary N) is 1. The smallest absolute Gasteiger partial charge is 0.332 e. The van der Waals surface area contributed by atoms with Crippen molar-refractivity contribution in [2.75, 3.05) is 192 Å². The molecule has 0 saturated heterocycles. The fourth-order valence-electron chi connectivity index (χ4n) is 3.71. The van der Waals surface area contributed by atoms with E-state index in [9.17, 15) is 14.4 Å². The van der Waals surface area contributed by atoms with E-state index in [0.29, 0.717) is 172 Å². The zero-order valence-electron chi connectivity index (χ0n) is 33.8. The summed E-state index contributed by atoms with van der Waals surface area (Å²) in [6, 6.07) is 0. The summed E-state index contributed by atoms with van der Waals surface area (Å²) in [6.07, 6.45) is 0. The van der Waals surface area contributed by atoms with Gasteiger partial charge < -0.3 is 81.5 Å². The largest absolute Gasteiger partial charge is 0.480 e. The first kappa shape index (κ1) is 53.9. The molecule has 0 unspecified atom stereocenters. The average Bonchev–Trinajstić information content (AvgIpc) is 3.14. The van der Waals surface area contributed by atoms with E-state index < -0.39 is 30.1 Å². The topological polar surface area (TPSA) is 222 Å². The number of hydrogen-bond donors (Lipinski definition) is 2. The van der Waals surface area contributed by atoms with Gasteiger partial charge in [-0.25, -0.2) is 9.59 Å². The van der Waals surface area contributed by atoms with Crippen LogP contribution in [0.5, 0.6) is 0 Å². The van der Waals surface area contributed by atoms with Gasteiger partial charge in [-0.1, -0.05) is 0 Å². The molecule has 0 aromatic rings. The number of hydrogen-bond acceptors (Lipinski definition) is 18. The minimum absolute atomic E-state index is 0.0927. The van der Waals surface area contributed by atoms with Gasteiger partial charge in [0.15, 0.2) is 0 Å². The van der Waals surface area contributed by atoms with E-state index in [0.717, 1.165) is 0 Å². The molecule has 0 fully saturated rings. The predicted octanol–water partition coefficient (Wildman–Crippen LogP) is -0.239. The second-order valence-electron chi connectivity index (χ2n) is 12.2. The average molecular weight is 820 g/mol. The van der Waals surface area contributed by atoms with Crippen LogP contribution in [0, 0.1) is 0 Å². The van der Waals surface area contributed by atoms with Crippen molar-refractivity contribution in [3.05, 3.63) is 0 Å². The Morgan fingerprint density at radius 3 is 0.911 bits per heavy atom. The summed E-state index contributed by atoms with van der Waals surface area (Å²) < 4.78 is 80.3. The lowest BCUT2D eigenvalue weighted by Gasteiger charge is -2.19. The van der Waals surface area contributed by atoms with Gasteiger partial charge in [0.25, 0.3) is 0 Å². The van der Waals surface area contributed by atoms with Crippen LogP contribution in [0.1, 0.15) is 20.8 Å². The second-order valence-corrected chi connectivity index (χ2v) is 12.2. The quantitative estimate of drug-likeness (QED) is 0.0598. The third-order valence-corrected chi connectivity index (χ3v) is 6.13. The van der Waals surface area contributed by atoms with Crippen molar-refractivity contribution < 1.29 is 90.5 Å². The monoisotopic (exact) mass is 819 g/mol. The Bertz CT molecular complexity index is 880. The molecule has 20 heteroatoms. The third kappa shape index (κ3) is 48.0. The van der Waals surface area contributed by atoms with Gasteiger partial charge in [-0.05, 0) is 20.8 Å². The maximum absolute atomic E-state index is 11.5. The number of carbonyl (C=O) groups excluding carboxylic acids is 2. The van der Waals surface area contributed by atoms with Gasteiger partial charge >= 0.3 is 11.9 Å². The van der Waals surface area contributed by atoms with E-state index >= 15 is 0 Å². The Labute approximate surface area is 331 Å². The van der Waals surface area contributed by atoms with Crippen LogP contribution in [0.2, 0.25) is 0 Å². The van der Waals surface area contributed by atoms with E-state index in [-0.39, 0.29) is 13.2 Å². The van der Waals surface area contributed by atoms with E-state index in [1.807, 2.05) is 20.8 Å². The van der Waals surface area contributed by atoms with Gasteiger partial charge in [0.2, 0.25) is 5.91 Å². The summed E-state index contributed by atoms with van der Waals surface area (Å²) >= 11 is 0. The highest BCUT2D eigenvalue weighted by molar-refractivity contribution is 5.77. The highest BCUT2D eigenvalue weighted by Gasteiger charge is 2.16. The van der Waals surface area contributed by atoms with Crippen LogP contribution < -0.4 is 5.32 Å². The van der Waals surface area contributed by atoms with Crippen LogP contribution in [0.15, 0.2) is 0 Å². The zero-order chi connectivity index (χ0) is 41.1. The molecule has 0 rings (SSSR count).